The predicted molar refractivity (Wildman–Crippen MR) is 74.2 cm³/mol. The van der Waals surface area contributed by atoms with Crippen LogP contribution in [0, 0.1) is 0 Å². The van der Waals surface area contributed by atoms with Gasteiger partial charge in [0.05, 0.1) is 18.4 Å². The summed E-state index contributed by atoms with van der Waals surface area (Å²) in [6.45, 7) is 1.53. The van der Waals surface area contributed by atoms with Crippen LogP contribution in [0.15, 0.2) is 17.3 Å². The molecule has 2 saturated heterocycles. The molecule has 0 saturated carbocycles. The Balaban J connectivity index is 1.76. The van der Waals surface area contributed by atoms with Crippen molar-refractivity contribution in [3.8, 4) is 0 Å². The van der Waals surface area contributed by atoms with E-state index in [2.05, 4.69) is 5.10 Å². The number of aryl methyl sites for hydroxylation is 1. The summed E-state index contributed by atoms with van der Waals surface area (Å²) in [6, 6.07) is 0. The van der Waals surface area contributed by atoms with Gasteiger partial charge in [0.15, 0.2) is 0 Å². The van der Waals surface area contributed by atoms with Gasteiger partial charge in [-0.3, -0.25) is 4.68 Å². The molecule has 2 unspecified atom stereocenters. The first kappa shape index (κ1) is 14.3. The number of ether oxygens (including phenoxy) is 1. The SMILES string of the molecule is O=S(=O)(c1cnn(CCCCl)c1)N1CC2CCC(C1)O2. The van der Waals surface area contributed by atoms with Gasteiger partial charge in [-0.25, -0.2) is 8.42 Å². The van der Waals surface area contributed by atoms with Crippen LogP contribution in [0.4, 0.5) is 0 Å². The van der Waals surface area contributed by atoms with E-state index in [4.69, 9.17) is 16.3 Å². The van der Waals surface area contributed by atoms with Crippen LogP contribution in [0.25, 0.3) is 0 Å². The number of fused-ring (bicyclic) bond motifs is 2. The Labute approximate surface area is 123 Å². The van der Waals surface area contributed by atoms with Crippen molar-refractivity contribution in [3.05, 3.63) is 12.4 Å². The van der Waals surface area contributed by atoms with Crippen molar-refractivity contribution in [2.24, 2.45) is 0 Å². The zero-order chi connectivity index (χ0) is 14.2. The molecule has 2 fully saturated rings. The average molecular weight is 320 g/mol. The fourth-order valence-electron chi connectivity index (χ4n) is 2.74. The molecule has 112 valence electrons. The maximum absolute atomic E-state index is 12.6. The van der Waals surface area contributed by atoms with Gasteiger partial charge in [-0.1, -0.05) is 0 Å². The highest BCUT2D eigenvalue weighted by molar-refractivity contribution is 7.89. The van der Waals surface area contributed by atoms with E-state index in [9.17, 15) is 8.42 Å². The van der Waals surface area contributed by atoms with Gasteiger partial charge < -0.3 is 4.74 Å². The number of morpholine rings is 1. The maximum atomic E-state index is 12.6. The summed E-state index contributed by atoms with van der Waals surface area (Å²) in [5.41, 5.74) is 0. The Morgan fingerprint density at radius 3 is 2.70 bits per heavy atom. The number of alkyl halides is 1. The maximum Gasteiger partial charge on any atom is 0.246 e. The number of aromatic nitrogens is 2. The number of halogens is 1. The highest BCUT2D eigenvalue weighted by atomic mass is 35.5. The van der Waals surface area contributed by atoms with Crippen molar-refractivity contribution >= 4 is 21.6 Å². The molecule has 1 aromatic rings. The second kappa shape index (κ2) is 5.63. The molecule has 0 spiro atoms. The molecule has 1 aromatic heterocycles. The molecule has 3 heterocycles. The topological polar surface area (TPSA) is 64.4 Å². The number of nitrogens with zero attached hydrogens (tertiary/aromatic N) is 3. The average Bonchev–Trinajstić information content (AvgIpc) is 3.03. The Bertz CT molecular complexity index is 562. The number of hydrogen-bond donors (Lipinski definition) is 0. The van der Waals surface area contributed by atoms with E-state index in [0.29, 0.717) is 25.5 Å². The number of hydrogen-bond acceptors (Lipinski definition) is 4. The zero-order valence-corrected chi connectivity index (χ0v) is 12.7. The Morgan fingerprint density at radius 1 is 1.35 bits per heavy atom. The zero-order valence-electron chi connectivity index (χ0n) is 11.1. The van der Waals surface area contributed by atoms with Gasteiger partial charge in [0.1, 0.15) is 4.90 Å². The van der Waals surface area contributed by atoms with E-state index in [1.807, 2.05) is 0 Å². The molecular formula is C12H18ClN3O3S. The lowest BCUT2D eigenvalue weighted by molar-refractivity contribution is -0.0114. The van der Waals surface area contributed by atoms with Crippen molar-refractivity contribution < 1.29 is 13.2 Å². The molecular weight excluding hydrogens is 302 g/mol. The van der Waals surface area contributed by atoms with Crippen LogP contribution in [0.1, 0.15) is 19.3 Å². The predicted octanol–water partition coefficient (Wildman–Crippen LogP) is 1.06. The molecule has 0 N–H and O–H groups in total. The van der Waals surface area contributed by atoms with Crippen LogP contribution in [-0.2, 0) is 21.3 Å². The Morgan fingerprint density at radius 2 is 2.05 bits per heavy atom. The lowest BCUT2D eigenvalue weighted by atomic mass is 10.2. The van der Waals surface area contributed by atoms with Gasteiger partial charge in [0.25, 0.3) is 0 Å². The highest BCUT2D eigenvalue weighted by Gasteiger charge is 2.39. The van der Waals surface area contributed by atoms with E-state index in [-0.39, 0.29) is 17.1 Å². The van der Waals surface area contributed by atoms with Crippen LogP contribution < -0.4 is 0 Å². The molecule has 0 aliphatic carbocycles. The van der Waals surface area contributed by atoms with E-state index in [1.165, 1.54) is 10.5 Å². The molecule has 8 heteroatoms. The van der Waals surface area contributed by atoms with Crippen molar-refractivity contribution in [1.82, 2.24) is 14.1 Å². The third-order valence-corrected chi connectivity index (χ3v) is 5.83. The summed E-state index contributed by atoms with van der Waals surface area (Å²) in [7, 11) is -3.46. The molecule has 3 rings (SSSR count). The normalized spacial score (nSPS) is 27.1. The van der Waals surface area contributed by atoms with Gasteiger partial charge in [-0.15, -0.1) is 11.6 Å². The van der Waals surface area contributed by atoms with Crippen LogP contribution in [0.2, 0.25) is 0 Å². The fraction of sp³-hybridized carbons (Fsp3) is 0.750. The molecule has 6 nitrogen and oxygen atoms in total. The Hall–Kier alpha value is -0.630. The lowest BCUT2D eigenvalue weighted by Gasteiger charge is -2.30. The number of rotatable bonds is 5. The summed E-state index contributed by atoms with van der Waals surface area (Å²) in [6.07, 6.45) is 5.77. The van der Waals surface area contributed by atoms with Crippen molar-refractivity contribution in [3.63, 3.8) is 0 Å². The van der Waals surface area contributed by atoms with Crippen LogP contribution in [-0.4, -0.2) is 53.7 Å². The number of sulfonamides is 1. The van der Waals surface area contributed by atoms with Crippen molar-refractivity contribution in [2.75, 3.05) is 19.0 Å². The first-order valence-corrected chi connectivity index (χ1v) is 8.81. The van der Waals surface area contributed by atoms with Gasteiger partial charge >= 0.3 is 0 Å². The molecule has 2 aliphatic heterocycles. The van der Waals surface area contributed by atoms with Gasteiger partial charge in [-0.2, -0.15) is 9.40 Å². The minimum Gasteiger partial charge on any atom is -0.372 e. The van der Waals surface area contributed by atoms with Crippen LogP contribution in [0.3, 0.4) is 0 Å². The van der Waals surface area contributed by atoms with Gasteiger partial charge in [-0.05, 0) is 19.3 Å². The fourth-order valence-corrected chi connectivity index (χ4v) is 4.32. The van der Waals surface area contributed by atoms with Crippen LogP contribution in [0.5, 0.6) is 0 Å². The standard InChI is InChI=1S/C12H18ClN3O3S/c13-4-1-5-15-9-12(6-14-15)20(17,18)16-7-10-2-3-11(8-16)19-10/h6,9-11H,1-5,7-8H2. The third kappa shape index (κ3) is 2.72. The molecule has 0 radical (unpaired) electrons. The molecule has 20 heavy (non-hydrogen) atoms. The summed E-state index contributed by atoms with van der Waals surface area (Å²) in [5, 5.41) is 4.09. The Kier molecular flexibility index (Phi) is 4.03. The summed E-state index contributed by atoms with van der Waals surface area (Å²) >= 11 is 5.63. The molecule has 2 bridgehead atoms. The smallest absolute Gasteiger partial charge is 0.246 e. The third-order valence-electron chi connectivity index (χ3n) is 3.78. The monoisotopic (exact) mass is 319 g/mol. The largest absolute Gasteiger partial charge is 0.372 e. The van der Waals surface area contributed by atoms with E-state index in [1.54, 1.807) is 10.9 Å². The molecule has 0 aromatic carbocycles. The summed E-state index contributed by atoms with van der Waals surface area (Å²) in [4.78, 5) is 0.258. The van der Waals surface area contributed by atoms with Crippen molar-refractivity contribution in [1.29, 1.82) is 0 Å². The van der Waals surface area contributed by atoms with E-state index < -0.39 is 10.0 Å². The molecule has 2 aliphatic rings. The second-order valence-corrected chi connectivity index (χ2v) is 7.58. The summed E-state index contributed by atoms with van der Waals surface area (Å²) < 4.78 is 34.0. The first-order chi connectivity index (χ1) is 9.59. The summed E-state index contributed by atoms with van der Waals surface area (Å²) in [5.74, 6) is 0.536. The van der Waals surface area contributed by atoms with E-state index >= 15 is 0 Å². The lowest BCUT2D eigenvalue weighted by Crippen LogP contribution is -2.45. The molecule has 0 amide bonds. The van der Waals surface area contributed by atoms with Gasteiger partial charge in [0, 0.05) is 31.7 Å². The minimum atomic E-state index is -3.46. The molecule has 2 atom stereocenters. The first-order valence-electron chi connectivity index (χ1n) is 6.83. The van der Waals surface area contributed by atoms with Gasteiger partial charge in [0.2, 0.25) is 10.0 Å². The van der Waals surface area contributed by atoms with Crippen molar-refractivity contribution in [2.45, 2.75) is 42.9 Å². The van der Waals surface area contributed by atoms with E-state index in [0.717, 1.165) is 19.3 Å². The minimum absolute atomic E-state index is 0.0508. The van der Waals surface area contributed by atoms with Crippen LogP contribution >= 0.6 is 11.6 Å². The quantitative estimate of drug-likeness (QED) is 0.761. The second-order valence-electron chi connectivity index (χ2n) is 5.26. The highest BCUT2D eigenvalue weighted by Crippen LogP contribution is 2.29.